The fourth-order valence-corrected chi connectivity index (χ4v) is 1.71. The largest absolute Gasteiger partial charge is 0.384 e. The molecule has 1 aromatic rings. The number of hydrogen-bond donors (Lipinski definition) is 2. The maximum Gasteiger partial charge on any atom is 0.126 e. The van der Waals surface area contributed by atoms with Crippen LogP contribution in [-0.4, -0.2) is 17.7 Å². The average Bonchev–Trinajstić information content (AvgIpc) is 3.03. The molecule has 2 N–H and O–H groups in total. The summed E-state index contributed by atoms with van der Waals surface area (Å²) in [5.74, 6) is -0.227. The summed E-state index contributed by atoms with van der Waals surface area (Å²) in [5, 5.41) is 13.6. The Morgan fingerprint density at radius 3 is 2.75 bits per heavy atom. The Hall–Kier alpha value is -0.930. The summed E-state index contributed by atoms with van der Waals surface area (Å²) in [7, 11) is 0. The highest BCUT2D eigenvalue weighted by molar-refractivity contribution is 5.28. The van der Waals surface area contributed by atoms with Crippen molar-refractivity contribution in [3.05, 3.63) is 35.1 Å². The molecule has 1 fully saturated rings. The van der Waals surface area contributed by atoms with E-state index in [0.29, 0.717) is 18.2 Å². The smallest absolute Gasteiger partial charge is 0.126 e. The van der Waals surface area contributed by atoms with Gasteiger partial charge < -0.3 is 10.4 Å². The van der Waals surface area contributed by atoms with Gasteiger partial charge in [-0.05, 0) is 43.9 Å². The van der Waals surface area contributed by atoms with Crippen LogP contribution < -0.4 is 5.32 Å². The normalized spacial score (nSPS) is 19.5. The molecule has 2 nitrogen and oxygen atoms in total. The Morgan fingerprint density at radius 1 is 1.50 bits per heavy atom. The Morgan fingerprint density at radius 2 is 2.19 bits per heavy atom. The van der Waals surface area contributed by atoms with Crippen molar-refractivity contribution in [3.63, 3.8) is 0 Å². The standard InChI is InChI=1S/C13H18FNO/c1-9-7-10(3-6-12(9)14)13(2,16)8-15-11-4-5-11/h3,6-7,11,15-16H,4-5,8H2,1-2H3. The van der Waals surface area contributed by atoms with Crippen molar-refractivity contribution in [2.45, 2.75) is 38.3 Å². The molecule has 1 atom stereocenters. The molecule has 1 aliphatic rings. The topological polar surface area (TPSA) is 32.3 Å². The molecule has 0 aliphatic heterocycles. The Balaban J connectivity index is 2.09. The fraction of sp³-hybridized carbons (Fsp3) is 0.538. The average molecular weight is 223 g/mol. The van der Waals surface area contributed by atoms with Crippen molar-refractivity contribution in [3.8, 4) is 0 Å². The van der Waals surface area contributed by atoms with E-state index >= 15 is 0 Å². The quantitative estimate of drug-likeness (QED) is 0.819. The zero-order valence-corrected chi connectivity index (χ0v) is 9.76. The third-order valence-electron chi connectivity index (χ3n) is 3.09. The highest BCUT2D eigenvalue weighted by Crippen LogP contribution is 2.25. The SMILES string of the molecule is Cc1cc(C(C)(O)CNC2CC2)ccc1F. The zero-order valence-electron chi connectivity index (χ0n) is 9.76. The molecular weight excluding hydrogens is 205 g/mol. The van der Waals surface area contributed by atoms with Crippen LogP contribution in [0.1, 0.15) is 30.9 Å². The van der Waals surface area contributed by atoms with Crippen molar-refractivity contribution in [1.82, 2.24) is 5.32 Å². The lowest BCUT2D eigenvalue weighted by atomic mass is 9.94. The van der Waals surface area contributed by atoms with Crippen LogP contribution in [0.3, 0.4) is 0 Å². The molecule has 0 radical (unpaired) electrons. The number of aryl methyl sites for hydroxylation is 1. The van der Waals surface area contributed by atoms with Crippen molar-refractivity contribution in [2.75, 3.05) is 6.54 Å². The molecule has 2 rings (SSSR count). The molecule has 3 heteroatoms. The second-order valence-electron chi connectivity index (χ2n) is 4.89. The van der Waals surface area contributed by atoms with Gasteiger partial charge in [0.2, 0.25) is 0 Å². The van der Waals surface area contributed by atoms with Crippen molar-refractivity contribution in [1.29, 1.82) is 0 Å². The first-order valence-electron chi connectivity index (χ1n) is 5.71. The fourth-order valence-electron chi connectivity index (χ4n) is 1.71. The third-order valence-corrected chi connectivity index (χ3v) is 3.09. The van der Waals surface area contributed by atoms with Gasteiger partial charge in [0, 0.05) is 12.6 Å². The first-order valence-corrected chi connectivity index (χ1v) is 5.71. The monoisotopic (exact) mass is 223 g/mol. The maximum absolute atomic E-state index is 13.1. The second-order valence-corrected chi connectivity index (χ2v) is 4.89. The van der Waals surface area contributed by atoms with Gasteiger partial charge in [-0.1, -0.05) is 12.1 Å². The van der Waals surface area contributed by atoms with Crippen molar-refractivity contribution >= 4 is 0 Å². The molecule has 0 amide bonds. The van der Waals surface area contributed by atoms with E-state index in [0.717, 1.165) is 5.56 Å². The van der Waals surface area contributed by atoms with E-state index in [1.807, 2.05) is 0 Å². The van der Waals surface area contributed by atoms with E-state index in [2.05, 4.69) is 5.32 Å². The van der Waals surface area contributed by atoms with Crippen LogP contribution in [0.2, 0.25) is 0 Å². The molecule has 16 heavy (non-hydrogen) atoms. The van der Waals surface area contributed by atoms with Gasteiger partial charge in [0.1, 0.15) is 5.82 Å². The van der Waals surface area contributed by atoms with Gasteiger partial charge >= 0.3 is 0 Å². The molecule has 1 aliphatic carbocycles. The van der Waals surface area contributed by atoms with E-state index in [9.17, 15) is 9.50 Å². The number of aliphatic hydroxyl groups is 1. The molecular formula is C13H18FNO. The molecule has 0 heterocycles. The van der Waals surface area contributed by atoms with Crippen LogP contribution in [0.15, 0.2) is 18.2 Å². The van der Waals surface area contributed by atoms with Gasteiger partial charge in [-0.25, -0.2) is 4.39 Å². The van der Waals surface area contributed by atoms with Gasteiger partial charge in [0.05, 0.1) is 5.60 Å². The summed E-state index contributed by atoms with van der Waals surface area (Å²) in [5.41, 5.74) is 0.407. The first-order chi connectivity index (χ1) is 7.49. The summed E-state index contributed by atoms with van der Waals surface area (Å²) in [6, 6.07) is 5.34. The van der Waals surface area contributed by atoms with E-state index in [1.165, 1.54) is 18.9 Å². The molecule has 88 valence electrons. The summed E-state index contributed by atoms with van der Waals surface area (Å²) in [6.07, 6.45) is 2.39. The minimum Gasteiger partial charge on any atom is -0.384 e. The van der Waals surface area contributed by atoms with Crippen LogP contribution in [0.5, 0.6) is 0 Å². The number of hydrogen-bond acceptors (Lipinski definition) is 2. The van der Waals surface area contributed by atoms with E-state index in [-0.39, 0.29) is 5.82 Å². The van der Waals surface area contributed by atoms with Crippen LogP contribution in [0.25, 0.3) is 0 Å². The number of halogens is 1. The molecule has 0 spiro atoms. The van der Waals surface area contributed by atoms with Gasteiger partial charge in [-0.3, -0.25) is 0 Å². The minimum atomic E-state index is -0.930. The molecule has 0 saturated heterocycles. The lowest BCUT2D eigenvalue weighted by Crippen LogP contribution is -2.36. The first kappa shape index (κ1) is 11.6. The molecule has 1 aromatic carbocycles. The minimum absolute atomic E-state index is 0.227. The zero-order chi connectivity index (χ0) is 11.8. The Bertz CT molecular complexity index is 386. The maximum atomic E-state index is 13.1. The van der Waals surface area contributed by atoms with Gasteiger partial charge in [-0.15, -0.1) is 0 Å². The molecule has 0 aromatic heterocycles. The van der Waals surface area contributed by atoms with E-state index in [4.69, 9.17) is 0 Å². The summed E-state index contributed by atoms with van der Waals surface area (Å²) < 4.78 is 13.1. The molecule has 0 bridgehead atoms. The summed E-state index contributed by atoms with van der Waals surface area (Å²) in [6.45, 7) is 3.99. The molecule has 1 saturated carbocycles. The van der Waals surface area contributed by atoms with Crippen LogP contribution in [0.4, 0.5) is 4.39 Å². The Labute approximate surface area is 95.5 Å². The summed E-state index contributed by atoms with van der Waals surface area (Å²) >= 11 is 0. The number of benzene rings is 1. The van der Waals surface area contributed by atoms with Crippen LogP contribution >= 0.6 is 0 Å². The highest BCUT2D eigenvalue weighted by Gasteiger charge is 2.28. The number of nitrogens with one attached hydrogen (secondary N) is 1. The Kier molecular flexibility index (Phi) is 3.00. The van der Waals surface area contributed by atoms with E-state index < -0.39 is 5.60 Å². The van der Waals surface area contributed by atoms with Crippen LogP contribution in [0, 0.1) is 12.7 Å². The van der Waals surface area contributed by atoms with Crippen molar-refractivity contribution < 1.29 is 9.50 Å². The predicted octanol–water partition coefficient (Wildman–Crippen LogP) is 2.09. The van der Waals surface area contributed by atoms with E-state index in [1.54, 1.807) is 26.0 Å². The van der Waals surface area contributed by atoms with Gasteiger partial charge in [0.15, 0.2) is 0 Å². The number of rotatable bonds is 4. The second kappa shape index (κ2) is 4.15. The summed E-state index contributed by atoms with van der Waals surface area (Å²) in [4.78, 5) is 0. The van der Waals surface area contributed by atoms with Gasteiger partial charge in [0.25, 0.3) is 0 Å². The van der Waals surface area contributed by atoms with Crippen LogP contribution in [-0.2, 0) is 5.60 Å². The highest BCUT2D eigenvalue weighted by atomic mass is 19.1. The third kappa shape index (κ3) is 2.60. The lowest BCUT2D eigenvalue weighted by molar-refractivity contribution is 0.0565. The lowest BCUT2D eigenvalue weighted by Gasteiger charge is -2.24. The molecule has 1 unspecified atom stereocenters. The predicted molar refractivity (Wildman–Crippen MR) is 61.7 cm³/mol. The van der Waals surface area contributed by atoms with Crippen molar-refractivity contribution in [2.24, 2.45) is 0 Å². The van der Waals surface area contributed by atoms with Gasteiger partial charge in [-0.2, -0.15) is 0 Å².